The third kappa shape index (κ3) is 2.89. The fourth-order valence-corrected chi connectivity index (χ4v) is 1.14. The Kier molecular flexibility index (Phi) is 3.48. The highest BCUT2D eigenvalue weighted by atomic mass is 19.1. The molecule has 1 atom stereocenters. The minimum atomic E-state index is -0.218. The van der Waals surface area contributed by atoms with Crippen LogP contribution in [0, 0.1) is 18.2 Å². The van der Waals surface area contributed by atoms with Gasteiger partial charge in [0.2, 0.25) is 0 Å². The van der Waals surface area contributed by atoms with Crippen LogP contribution in [0.25, 0.3) is 0 Å². The van der Waals surface area contributed by atoms with E-state index in [2.05, 4.69) is 11.2 Å². The van der Waals surface area contributed by atoms with Gasteiger partial charge >= 0.3 is 0 Å². The Hall–Kier alpha value is -1.33. The Labute approximate surface area is 78.0 Å². The van der Waals surface area contributed by atoms with Gasteiger partial charge in [-0.15, -0.1) is 6.42 Å². The predicted octanol–water partition coefficient (Wildman–Crippen LogP) is 1.59. The van der Waals surface area contributed by atoms with Crippen LogP contribution in [0.4, 0.5) is 4.39 Å². The fraction of sp³-hybridized carbons (Fsp3) is 0.273. The highest BCUT2D eigenvalue weighted by Gasteiger charge is 2.03. The maximum Gasteiger partial charge on any atom is 0.123 e. The van der Waals surface area contributed by atoms with E-state index in [0.717, 1.165) is 5.56 Å². The second kappa shape index (κ2) is 4.64. The molecule has 0 aromatic heterocycles. The topological polar surface area (TPSA) is 12.0 Å². The van der Waals surface area contributed by atoms with E-state index in [-0.39, 0.29) is 11.9 Å². The molecule has 0 aliphatic heterocycles. The summed E-state index contributed by atoms with van der Waals surface area (Å²) in [7, 11) is 1.80. The molecule has 0 saturated heterocycles. The highest BCUT2D eigenvalue weighted by Crippen LogP contribution is 2.05. The lowest BCUT2D eigenvalue weighted by molar-refractivity contribution is 0.620. The summed E-state index contributed by atoms with van der Waals surface area (Å²) in [5, 5.41) is 2.96. The first-order valence-electron chi connectivity index (χ1n) is 4.14. The van der Waals surface area contributed by atoms with Crippen LogP contribution in [0.5, 0.6) is 0 Å². The molecule has 1 nitrogen and oxygen atoms in total. The van der Waals surface area contributed by atoms with Crippen LogP contribution in [0.15, 0.2) is 24.3 Å². The molecule has 0 aliphatic rings. The van der Waals surface area contributed by atoms with E-state index >= 15 is 0 Å². The van der Waals surface area contributed by atoms with Crippen molar-refractivity contribution in [2.75, 3.05) is 7.05 Å². The summed E-state index contributed by atoms with van der Waals surface area (Å²) < 4.78 is 12.8. The molecule has 1 aromatic rings. The molecule has 1 unspecified atom stereocenters. The molecule has 0 saturated carbocycles. The van der Waals surface area contributed by atoms with E-state index in [0.29, 0.717) is 6.42 Å². The summed E-state index contributed by atoms with van der Waals surface area (Å²) in [6.45, 7) is 0. The van der Waals surface area contributed by atoms with Crippen LogP contribution < -0.4 is 5.32 Å². The fourth-order valence-electron chi connectivity index (χ4n) is 1.14. The molecule has 0 fully saturated rings. The molecule has 0 radical (unpaired) electrons. The van der Waals surface area contributed by atoms with Crippen molar-refractivity contribution in [2.24, 2.45) is 0 Å². The van der Waals surface area contributed by atoms with Gasteiger partial charge in [-0.05, 0) is 31.2 Å². The number of rotatable bonds is 3. The van der Waals surface area contributed by atoms with Crippen molar-refractivity contribution < 1.29 is 4.39 Å². The summed E-state index contributed by atoms with van der Waals surface area (Å²) in [6.07, 6.45) is 5.92. The molecule has 2 heteroatoms. The third-order valence-electron chi connectivity index (χ3n) is 1.88. The van der Waals surface area contributed by atoms with Crippen molar-refractivity contribution in [2.45, 2.75) is 12.5 Å². The first kappa shape index (κ1) is 9.76. The Morgan fingerprint density at radius 2 is 2.38 bits per heavy atom. The van der Waals surface area contributed by atoms with Gasteiger partial charge in [0.05, 0.1) is 6.04 Å². The number of likely N-dealkylation sites (N-methyl/N-ethyl adjacent to an activating group) is 1. The van der Waals surface area contributed by atoms with E-state index in [1.165, 1.54) is 12.1 Å². The first-order chi connectivity index (χ1) is 6.26. The Balaban J connectivity index is 2.69. The van der Waals surface area contributed by atoms with Gasteiger partial charge in [0.1, 0.15) is 5.82 Å². The summed E-state index contributed by atoms with van der Waals surface area (Å²) >= 11 is 0. The molecule has 0 heterocycles. The van der Waals surface area contributed by atoms with Gasteiger partial charge < -0.3 is 5.32 Å². The lowest BCUT2D eigenvalue weighted by Crippen LogP contribution is -2.25. The van der Waals surface area contributed by atoms with Gasteiger partial charge in [-0.2, -0.15) is 0 Å². The molecule has 1 rings (SSSR count). The second-order valence-electron chi connectivity index (χ2n) is 2.84. The normalized spacial score (nSPS) is 12.1. The number of nitrogens with one attached hydrogen (secondary N) is 1. The molecule has 0 bridgehead atoms. The third-order valence-corrected chi connectivity index (χ3v) is 1.88. The largest absolute Gasteiger partial charge is 0.306 e. The smallest absolute Gasteiger partial charge is 0.123 e. The molecule has 13 heavy (non-hydrogen) atoms. The monoisotopic (exact) mass is 177 g/mol. The summed E-state index contributed by atoms with van der Waals surface area (Å²) in [6, 6.07) is 6.45. The average Bonchev–Trinajstić information content (AvgIpc) is 2.14. The minimum absolute atomic E-state index is 0.0261. The van der Waals surface area contributed by atoms with Gasteiger partial charge in [-0.25, -0.2) is 4.39 Å². The Morgan fingerprint density at radius 1 is 1.62 bits per heavy atom. The van der Waals surface area contributed by atoms with Crippen LogP contribution in [0.2, 0.25) is 0 Å². The predicted molar refractivity (Wildman–Crippen MR) is 51.8 cm³/mol. The minimum Gasteiger partial charge on any atom is -0.306 e. The van der Waals surface area contributed by atoms with Crippen molar-refractivity contribution in [1.29, 1.82) is 0 Å². The molecule has 68 valence electrons. The van der Waals surface area contributed by atoms with E-state index in [4.69, 9.17) is 6.42 Å². The van der Waals surface area contributed by atoms with Crippen molar-refractivity contribution in [3.63, 3.8) is 0 Å². The number of hydrogen-bond donors (Lipinski definition) is 1. The maximum absolute atomic E-state index is 12.8. The van der Waals surface area contributed by atoms with Gasteiger partial charge in [0.15, 0.2) is 0 Å². The number of hydrogen-bond acceptors (Lipinski definition) is 1. The quantitative estimate of drug-likeness (QED) is 0.691. The summed E-state index contributed by atoms with van der Waals surface area (Å²) in [5.41, 5.74) is 0.914. The number of terminal acetylenes is 1. The van der Waals surface area contributed by atoms with Crippen LogP contribution in [0.1, 0.15) is 5.56 Å². The van der Waals surface area contributed by atoms with Crippen molar-refractivity contribution >= 4 is 0 Å². The summed E-state index contributed by atoms with van der Waals surface area (Å²) in [4.78, 5) is 0. The number of benzene rings is 1. The maximum atomic E-state index is 12.8. The number of halogens is 1. The van der Waals surface area contributed by atoms with Crippen molar-refractivity contribution in [1.82, 2.24) is 5.32 Å². The lowest BCUT2D eigenvalue weighted by Gasteiger charge is -2.08. The SMILES string of the molecule is C#CC(Cc1cccc(F)c1)NC. The molecular weight excluding hydrogens is 165 g/mol. The zero-order valence-corrected chi connectivity index (χ0v) is 7.55. The van der Waals surface area contributed by atoms with Crippen LogP contribution in [-0.2, 0) is 6.42 Å². The zero-order chi connectivity index (χ0) is 9.68. The molecular formula is C11H12FN. The van der Waals surface area contributed by atoms with E-state index in [9.17, 15) is 4.39 Å². The van der Waals surface area contributed by atoms with Gasteiger partial charge in [-0.3, -0.25) is 0 Å². The van der Waals surface area contributed by atoms with E-state index in [1.807, 2.05) is 6.07 Å². The van der Waals surface area contributed by atoms with Gasteiger partial charge in [0, 0.05) is 0 Å². The molecule has 0 amide bonds. The molecule has 0 aliphatic carbocycles. The molecule has 0 spiro atoms. The van der Waals surface area contributed by atoms with Crippen LogP contribution >= 0.6 is 0 Å². The standard InChI is InChI=1S/C11H12FN/c1-3-11(13-2)8-9-5-4-6-10(12)7-9/h1,4-7,11,13H,8H2,2H3. The molecule has 1 N–H and O–H groups in total. The molecule has 1 aromatic carbocycles. The van der Waals surface area contributed by atoms with Gasteiger partial charge in [-0.1, -0.05) is 18.1 Å². The van der Waals surface area contributed by atoms with Crippen molar-refractivity contribution in [3.05, 3.63) is 35.6 Å². The van der Waals surface area contributed by atoms with E-state index < -0.39 is 0 Å². The Morgan fingerprint density at radius 3 is 2.92 bits per heavy atom. The Bertz CT molecular complexity index is 314. The van der Waals surface area contributed by atoms with E-state index in [1.54, 1.807) is 13.1 Å². The van der Waals surface area contributed by atoms with Crippen LogP contribution in [0.3, 0.4) is 0 Å². The zero-order valence-electron chi connectivity index (χ0n) is 7.55. The lowest BCUT2D eigenvalue weighted by atomic mass is 10.1. The van der Waals surface area contributed by atoms with Gasteiger partial charge in [0.25, 0.3) is 0 Å². The highest BCUT2D eigenvalue weighted by molar-refractivity contribution is 5.19. The second-order valence-corrected chi connectivity index (χ2v) is 2.84. The van der Waals surface area contributed by atoms with Crippen LogP contribution in [-0.4, -0.2) is 13.1 Å². The average molecular weight is 177 g/mol. The first-order valence-corrected chi connectivity index (χ1v) is 4.14. The summed E-state index contributed by atoms with van der Waals surface area (Å²) in [5.74, 6) is 2.37. The van der Waals surface area contributed by atoms with Crippen molar-refractivity contribution in [3.8, 4) is 12.3 Å².